The molecule has 5 nitrogen and oxygen atoms in total. The number of rotatable bonds is 7. The minimum Gasteiger partial charge on any atom is -0.487 e. The fourth-order valence-electron chi connectivity index (χ4n) is 3.26. The van der Waals surface area contributed by atoms with Gasteiger partial charge in [0.1, 0.15) is 23.8 Å². The molecule has 0 radical (unpaired) electrons. The minimum atomic E-state index is -0.497. The van der Waals surface area contributed by atoms with Crippen molar-refractivity contribution < 1.29 is 9.84 Å². The van der Waals surface area contributed by atoms with Crippen LogP contribution in [0.2, 0.25) is 0 Å². The van der Waals surface area contributed by atoms with Crippen LogP contribution in [0.15, 0.2) is 48.7 Å². The number of aliphatic hydroxyl groups is 1. The first kappa shape index (κ1) is 17.7. The summed E-state index contributed by atoms with van der Waals surface area (Å²) in [6.45, 7) is 3.57. The highest BCUT2D eigenvalue weighted by Gasteiger charge is 2.33. The second-order valence-electron chi connectivity index (χ2n) is 6.55. The van der Waals surface area contributed by atoms with Crippen LogP contribution in [0.5, 0.6) is 5.75 Å². The van der Waals surface area contributed by atoms with Gasteiger partial charge in [-0.3, -0.25) is 0 Å². The van der Waals surface area contributed by atoms with E-state index in [0.717, 1.165) is 49.5 Å². The topological polar surface area (TPSA) is 66.4 Å². The van der Waals surface area contributed by atoms with E-state index in [9.17, 15) is 5.11 Å². The van der Waals surface area contributed by atoms with Crippen molar-refractivity contribution >= 4 is 5.82 Å². The summed E-state index contributed by atoms with van der Waals surface area (Å²) in [5.41, 5.74) is 1.10. The predicted molar refractivity (Wildman–Crippen MR) is 100.0 cm³/mol. The Labute approximate surface area is 149 Å². The summed E-state index contributed by atoms with van der Waals surface area (Å²) in [5.74, 6) is 1.73. The van der Waals surface area contributed by atoms with Gasteiger partial charge in [-0.05, 0) is 49.9 Å². The number of aromatic nitrogens is 1. The van der Waals surface area contributed by atoms with Crippen LogP contribution in [0.4, 0.5) is 5.82 Å². The zero-order valence-electron chi connectivity index (χ0n) is 14.7. The maximum atomic E-state index is 10.7. The molecule has 1 fully saturated rings. The SMILES string of the molecule is Cc1ccccc1O[C@@H]1CCC[C@H](NCCNc2ccccn2)[C@H]1O. The van der Waals surface area contributed by atoms with Gasteiger partial charge in [-0.25, -0.2) is 4.98 Å². The van der Waals surface area contributed by atoms with E-state index in [4.69, 9.17) is 4.74 Å². The predicted octanol–water partition coefficient (Wildman–Crippen LogP) is 2.75. The van der Waals surface area contributed by atoms with Crippen LogP contribution in [0.1, 0.15) is 24.8 Å². The van der Waals surface area contributed by atoms with Crippen LogP contribution in [0, 0.1) is 6.92 Å². The molecule has 1 aliphatic rings. The van der Waals surface area contributed by atoms with Crippen LogP contribution in [-0.2, 0) is 0 Å². The van der Waals surface area contributed by atoms with E-state index in [2.05, 4.69) is 15.6 Å². The van der Waals surface area contributed by atoms with Crippen LogP contribution in [0.3, 0.4) is 0 Å². The quantitative estimate of drug-likeness (QED) is 0.676. The van der Waals surface area contributed by atoms with Gasteiger partial charge in [-0.2, -0.15) is 0 Å². The van der Waals surface area contributed by atoms with E-state index >= 15 is 0 Å². The number of hydrogen-bond acceptors (Lipinski definition) is 5. The van der Waals surface area contributed by atoms with Gasteiger partial charge in [-0.1, -0.05) is 24.3 Å². The summed E-state index contributed by atoms with van der Waals surface area (Å²) in [7, 11) is 0. The Bertz CT molecular complexity index is 650. The lowest BCUT2D eigenvalue weighted by molar-refractivity contribution is -0.0152. The average molecular weight is 341 g/mol. The highest BCUT2D eigenvalue weighted by Crippen LogP contribution is 2.26. The lowest BCUT2D eigenvalue weighted by Crippen LogP contribution is -2.52. The van der Waals surface area contributed by atoms with Gasteiger partial charge in [-0.15, -0.1) is 0 Å². The smallest absolute Gasteiger partial charge is 0.126 e. The van der Waals surface area contributed by atoms with Gasteiger partial charge < -0.3 is 20.5 Å². The summed E-state index contributed by atoms with van der Waals surface area (Å²) < 4.78 is 6.09. The molecule has 1 aromatic carbocycles. The van der Waals surface area contributed by atoms with Crippen LogP contribution in [0.25, 0.3) is 0 Å². The molecule has 134 valence electrons. The van der Waals surface area contributed by atoms with Gasteiger partial charge >= 0.3 is 0 Å². The standard InChI is InChI=1S/C20H27N3O2/c1-15-7-2-3-9-17(15)25-18-10-6-8-16(20(18)24)21-13-14-23-19-11-4-5-12-22-19/h2-5,7,9,11-12,16,18,20-21,24H,6,8,10,13-14H2,1H3,(H,22,23)/t16-,18+,20+/m0/s1. The van der Waals surface area contributed by atoms with E-state index in [1.165, 1.54) is 0 Å². The van der Waals surface area contributed by atoms with E-state index in [1.807, 2.05) is 49.4 Å². The van der Waals surface area contributed by atoms with E-state index in [0.29, 0.717) is 0 Å². The third-order valence-electron chi connectivity index (χ3n) is 4.67. The number of anilines is 1. The normalized spacial score (nSPS) is 23.2. The molecule has 1 aromatic heterocycles. The number of ether oxygens (including phenoxy) is 1. The van der Waals surface area contributed by atoms with Crippen LogP contribution < -0.4 is 15.4 Å². The van der Waals surface area contributed by atoms with Gasteiger partial charge in [0.2, 0.25) is 0 Å². The number of benzene rings is 1. The molecule has 5 heteroatoms. The summed E-state index contributed by atoms with van der Waals surface area (Å²) in [4.78, 5) is 4.24. The highest BCUT2D eigenvalue weighted by atomic mass is 16.5. The summed E-state index contributed by atoms with van der Waals surface area (Å²) in [6, 6.07) is 13.8. The summed E-state index contributed by atoms with van der Waals surface area (Å²) >= 11 is 0. The van der Waals surface area contributed by atoms with Crippen molar-refractivity contribution in [3.8, 4) is 5.75 Å². The molecule has 2 aromatic rings. The Morgan fingerprint density at radius 3 is 2.76 bits per heavy atom. The molecule has 1 saturated carbocycles. The first-order valence-electron chi connectivity index (χ1n) is 9.02. The number of nitrogens with one attached hydrogen (secondary N) is 2. The van der Waals surface area contributed by atoms with Gasteiger partial charge in [0, 0.05) is 25.3 Å². The second-order valence-corrected chi connectivity index (χ2v) is 6.55. The Morgan fingerprint density at radius 2 is 1.96 bits per heavy atom. The molecule has 0 aliphatic heterocycles. The number of aryl methyl sites for hydroxylation is 1. The van der Waals surface area contributed by atoms with Crippen molar-refractivity contribution in [2.24, 2.45) is 0 Å². The zero-order chi connectivity index (χ0) is 17.5. The van der Waals surface area contributed by atoms with E-state index < -0.39 is 6.10 Å². The van der Waals surface area contributed by atoms with E-state index in [1.54, 1.807) is 6.20 Å². The van der Waals surface area contributed by atoms with E-state index in [-0.39, 0.29) is 12.1 Å². The molecule has 3 N–H and O–H groups in total. The molecule has 3 atom stereocenters. The van der Waals surface area contributed by atoms with Crippen molar-refractivity contribution in [2.75, 3.05) is 18.4 Å². The second kappa shape index (κ2) is 8.83. The Balaban J connectivity index is 1.46. The summed E-state index contributed by atoms with van der Waals surface area (Å²) in [6.07, 6.45) is 4.03. The number of aliphatic hydroxyl groups excluding tert-OH is 1. The monoisotopic (exact) mass is 341 g/mol. The first-order valence-corrected chi connectivity index (χ1v) is 9.02. The number of para-hydroxylation sites is 1. The van der Waals surface area contributed by atoms with Gasteiger partial charge in [0.05, 0.1) is 0 Å². The third kappa shape index (κ3) is 4.94. The fraction of sp³-hybridized carbons (Fsp3) is 0.450. The number of pyridine rings is 1. The lowest BCUT2D eigenvalue weighted by Gasteiger charge is -2.35. The molecule has 3 rings (SSSR count). The molecule has 1 heterocycles. The Morgan fingerprint density at radius 1 is 1.12 bits per heavy atom. The Kier molecular flexibility index (Phi) is 6.25. The zero-order valence-corrected chi connectivity index (χ0v) is 14.7. The van der Waals surface area contributed by atoms with Crippen molar-refractivity contribution in [1.29, 1.82) is 0 Å². The number of hydrogen-bond donors (Lipinski definition) is 3. The van der Waals surface area contributed by atoms with Crippen LogP contribution in [-0.4, -0.2) is 41.4 Å². The maximum Gasteiger partial charge on any atom is 0.126 e. The van der Waals surface area contributed by atoms with Crippen molar-refractivity contribution in [3.63, 3.8) is 0 Å². The van der Waals surface area contributed by atoms with Crippen molar-refractivity contribution in [1.82, 2.24) is 10.3 Å². The highest BCUT2D eigenvalue weighted by molar-refractivity contribution is 5.33. The molecule has 1 aliphatic carbocycles. The number of nitrogens with zero attached hydrogens (tertiary/aromatic N) is 1. The molecule has 0 spiro atoms. The first-order chi connectivity index (χ1) is 12.2. The average Bonchev–Trinajstić information content (AvgIpc) is 2.64. The molecule has 0 saturated heterocycles. The minimum absolute atomic E-state index is 0.0632. The molecule has 0 bridgehead atoms. The molecule has 0 amide bonds. The molecule has 0 unspecified atom stereocenters. The largest absolute Gasteiger partial charge is 0.487 e. The van der Waals surface area contributed by atoms with Crippen molar-refractivity contribution in [2.45, 2.75) is 44.4 Å². The molecule has 25 heavy (non-hydrogen) atoms. The fourth-order valence-corrected chi connectivity index (χ4v) is 3.26. The summed E-state index contributed by atoms with van der Waals surface area (Å²) in [5, 5.41) is 17.4. The third-order valence-corrected chi connectivity index (χ3v) is 4.67. The molecular formula is C20H27N3O2. The van der Waals surface area contributed by atoms with Crippen molar-refractivity contribution in [3.05, 3.63) is 54.2 Å². The maximum absolute atomic E-state index is 10.7. The van der Waals surface area contributed by atoms with Crippen LogP contribution >= 0.6 is 0 Å². The van der Waals surface area contributed by atoms with Gasteiger partial charge in [0.25, 0.3) is 0 Å². The Hall–Kier alpha value is -2.11. The molecular weight excluding hydrogens is 314 g/mol. The van der Waals surface area contributed by atoms with Gasteiger partial charge in [0.15, 0.2) is 0 Å². The lowest BCUT2D eigenvalue weighted by atomic mass is 9.89.